The number of thiocarbonyl (C=S) groups is 1. The zero-order valence-corrected chi connectivity index (χ0v) is 21.5. The van der Waals surface area contributed by atoms with Crippen LogP contribution in [0.25, 0.3) is 0 Å². The third-order valence-electron chi connectivity index (χ3n) is 5.18. The number of ether oxygens (including phenoxy) is 4. The second kappa shape index (κ2) is 14.2. The minimum atomic E-state index is -0.320. The number of nitrogens with one attached hydrogen (secondary N) is 2. The van der Waals surface area contributed by atoms with Crippen molar-refractivity contribution < 1.29 is 23.7 Å². The Balaban J connectivity index is 1.14. The summed E-state index contributed by atoms with van der Waals surface area (Å²) in [5, 5.41) is 5.87. The van der Waals surface area contributed by atoms with Gasteiger partial charge in [-0.1, -0.05) is 36.4 Å². The summed E-state index contributed by atoms with van der Waals surface area (Å²) in [6, 6.07) is 33.2. The van der Waals surface area contributed by atoms with E-state index in [9.17, 15) is 4.79 Å². The maximum atomic E-state index is 12.5. The van der Waals surface area contributed by atoms with E-state index >= 15 is 0 Å². The molecule has 0 saturated heterocycles. The number of carbonyl (C=O) groups is 1. The molecule has 0 spiro atoms. The van der Waals surface area contributed by atoms with Gasteiger partial charge < -0.3 is 24.3 Å². The van der Waals surface area contributed by atoms with Crippen LogP contribution in [-0.2, 0) is 0 Å². The van der Waals surface area contributed by atoms with Crippen molar-refractivity contribution in [3.8, 4) is 23.0 Å². The molecule has 8 heteroatoms. The quantitative estimate of drug-likeness (QED) is 0.180. The first-order chi connectivity index (χ1) is 18.7. The lowest BCUT2D eigenvalue weighted by Crippen LogP contribution is -2.34. The molecule has 1 amide bonds. The van der Waals surface area contributed by atoms with Gasteiger partial charge in [0.15, 0.2) is 5.11 Å². The molecule has 4 rings (SSSR count). The molecule has 0 aliphatic carbocycles. The number of amides is 1. The lowest BCUT2D eigenvalue weighted by molar-refractivity contribution is 0.0977. The monoisotopic (exact) mass is 528 g/mol. The first-order valence-electron chi connectivity index (χ1n) is 12.1. The average Bonchev–Trinajstić information content (AvgIpc) is 2.96. The molecule has 0 atom stereocenters. The predicted octanol–water partition coefficient (Wildman–Crippen LogP) is 5.73. The molecule has 0 unspecified atom stereocenters. The third kappa shape index (κ3) is 8.83. The molecule has 38 heavy (non-hydrogen) atoms. The van der Waals surface area contributed by atoms with Gasteiger partial charge in [-0.25, -0.2) is 0 Å². The lowest BCUT2D eigenvalue weighted by Gasteiger charge is -2.12. The van der Waals surface area contributed by atoms with Crippen molar-refractivity contribution >= 4 is 28.9 Å². The largest absolute Gasteiger partial charge is 0.490 e. The van der Waals surface area contributed by atoms with Crippen LogP contribution in [0, 0.1) is 0 Å². The predicted molar refractivity (Wildman–Crippen MR) is 151 cm³/mol. The van der Waals surface area contributed by atoms with Crippen molar-refractivity contribution in [2.24, 2.45) is 0 Å². The zero-order chi connectivity index (χ0) is 26.4. The Morgan fingerprint density at radius 3 is 1.39 bits per heavy atom. The van der Waals surface area contributed by atoms with E-state index in [0.717, 1.165) is 17.2 Å². The molecule has 194 valence electrons. The van der Waals surface area contributed by atoms with Crippen LogP contribution in [0.3, 0.4) is 0 Å². The molecule has 4 aromatic carbocycles. The van der Waals surface area contributed by atoms with Gasteiger partial charge in [0.05, 0.1) is 0 Å². The summed E-state index contributed by atoms with van der Waals surface area (Å²) in [6.07, 6.45) is 0. The lowest BCUT2D eigenvalue weighted by atomic mass is 10.2. The van der Waals surface area contributed by atoms with Gasteiger partial charge >= 0.3 is 0 Å². The normalized spacial score (nSPS) is 10.2. The summed E-state index contributed by atoms with van der Waals surface area (Å²) in [4.78, 5) is 12.5. The Morgan fingerprint density at radius 1 is 0.553 bits per heavy atom. The van der Waals surface area contributed by atoms with Crippen LogP contribution in [0.2, 0.25) is 0 Å². The molecule has 0 saturated carbocycles. The zero-order valence-electron chi connectivity index (χ0n) is 20.7. The van der Waals surface area contributed by atoms with Crippen molar-refractivity contribution in [1.82, 2.24) is 5.32 Å². The number of hydrogen-bond donors (Lipinski definition) is 2. The number of rotatable bonds is 12. The van der Waals surface area contributed by atoms with E-state index < -0.39 is 0 Å². The molecular formula is C30H28N2O5S. The Hall–Kier alpha value is -4.56. The highest BCUT2D eigenvalue weighted by atomic mass is 32.1. The third-order valence-corrected chi connectivity index (χ3v) is 5.39. The minimum Gasteiger partial charge on any atom is -0.490 e. The van der Waals surface area contributed by atoms with Gasteiger partial charge in [0.25, 0.3) is 5.91 Å². The average molecular weight is 529 g/mol. The van der Waals surface area contributed by atoms with Gasteiger partial charge in [0.2, 0.25) is 0 Å². The minimum absolute atomic E-state index is 0.193. The van der Waals surface area contributed by atoms with Crippen molar-refractivity contribution in [3.63, 3.8) is 0 Å². The Kier molecular flexibility index (Phi) is 9.94. The fourth-order valence-corrected chi connectivity index (χ4v) is 3.56. The maximum Gasteiger partial charge on any atom is 0.257 e. The maximum absolute atomic E-state index is 12.5. The highest BCUT2D eigenvalue weighted by Crippen LogP contribution is 2.17. The van der Waals surface area contributed by atoms with Crippen LogP contribution in [0.15, 0.2) is 109 Å². The fourth-order valence-electron chi connectivity index (χ4n) is 3.35. The van der Waals surface area contributed by atoms with E-state index in [4.69, 9.17) is 31.2 Å². The van der Waals surface area contributed by atoms with Gasteiger partial charge in [0, 0.05) is 11.3 Å². The summed E-state index contributed by atoms with van der Waals surface area (Å²) in [5.41, 5.74) is 1.19. The first-order valence-corrected chi connectivity index (χ1v) is 12.5. The van der Waals surface area contributed by atoms with E-state index in [0.29, 0.717) is 43.5 Å². The number of carbonyl (C=O) groups excluding carboxylic acids is 1. The van der Waals surface area contributed by atoms with Gasteiger partial charge in [-0.3, -0.25) is 10.1 Å². The summed E-state index contributed by atoms with van der Waals surface area (Å²) in [6.45, 7) is 1.67. The smallest absolute Gasteiger partial charge is 0.257 e. The van der Waals surface area contributed by atoms with Crippen LogP contribution < -0.4 is 29.6 Å². The summed E-state index contributed by atoms with van der Waals surface area (Å²) >= 11 is 5.28. The summed E-state index contributed by atoms with van der Waals surface area (Å²) < 4.78 is 22.6. The Morgan fingerprint density at radius 2 is 0.947 bits per heavy atom. The topological polar surface area (TPSA) is 78.1 Å². The van der Waals surface area contributed by atoms with Crippen LogP contribution in [-0.4, -0.2) is 37.4 Å². The van der Waals surface area contributed by atoms with Crippen molar-refractivity contribution in [1.29, 1.82) is 0 Å². The number of benzene rings is 4. The molecule has 7 nitrogen and oxygen atoms in total. The van der Waals surface area contributed by atoms with Gasteiger partial charge in [-0.15, -0.1) is 0 Å². The van der Waals surface area contributed by atoms with E-state index in [2.05, 4.69) is 10.6 Å². The Bertz CT molecular complexity index is 1280. The van der Waals surface area contributed by atoms with Crippen molar-refractivity contribution in [2.75, 3.05) is 31.7 Å². The molecule has 0 heterocycles. The second-order valence-corrected chi connectivity index (χ2v) is 8.39. The second-order valence-electron chi connectivity index (χ2n) is 7.98. The van der Waals surface area contributed by atoms with Crippen LogP contribution in [0.5, 0.6) is 23.0 Å². The molecule has 0 aromatic heterocycles. The number of anilines is 1. The molecule has 0 aliphatic rings. The van der Waals surface area contributed by atoms with Gasteiger partial charge in [-0.05, 0) is 85.0 Å². The van der Waals surface area contributed by atoms with Crippen LogP contribution in [0.4, 0.5) is 5.69 Å². The number of hydrogen-bond acceptors (Lipinski definition) is 6. The van der Waals surface area contributed by atoms with E-state index in [1.807, 2.05) is 84.9 Å². The first kappa shape index (κ1) is 26.5. The van der Waals surface area contributed by atoms with Crippen molar-refractivity contribution in [2.45, 2.75) is 0 Å². The standard InChI is InChI=1S/C30H28N2O5S/c33-29(23-11-15-27(16-12-23)36-21-19-34-25-7-3-1-4-8-25)32-30(38)31-24-13-17-28(18-14-24)37-22-20-35-26-9-5-2-6-10-26/h1-18H,19-22H2,(H2,31,32,33,38). The Labute approximate surface area is 227 Å². The van der Waals surface area contributed by atoms with Gasteiger partial charge in [0.1, 0.15) is 49.4 Å². The highest BCUT2D eigenvalue weighted by Gasteiger charge is 2.09. The molecule has 0 aliphatic heterocycles. The highest BCUT2D eigenvalue weighted by molar-refractivity contribution is 7.80. The molecule has 2 N–H and O–H groups in total. The van der Waals surface area contributed by atoms with Crippen molar-refractivity contribution in [3.05, 3.63) is 115 Å². The fraction of sp³-hybridized carbons (Fsp3) is 0.133. The molecule has 0 fully saturated rings. The van der Waals surface area contributed by atoms with Crippen LogP contribution in [0.1, 0.15) is 10.4 Å². The summed E-state index contributed by atoms with van der Waals surface area (Å²) in [7, 11) is 0. The molecule has 0 bridgehead atoms. The van der Waals surface area contributed by atoms with E-state index in [1.165, 1.54) is 0 Å². The van der Waals surface area contributed by atoms with Crippen LogP contribution >= 0.6 is 12.2 Å². The number of para-hydroxylation sites is 2. The van der Waals surface area contributed by atoms with Gasteiger partial charge in [-0.2, -0.15) is 0 Å². The van der Waals surface area contributed by atoms with E-state index in [-0.39, 0.29) is 11.0 Å². The SMILES string of the molecule is O=C(NC(=S)Nc1ccc(OCCOc2ccccc2)cc1)c1ccc(OCCOc2ccccc2)cc1. The summed E-state index contributed by atoms with van der Waals surface area (Å²) in [5.74, 6) is 2.63. The van der Waals surface area contributed by atoms with E-state index in [1.54, 1.807) is 24.3 Å². The molecular weight excluding hydrogens is 500 g/mol. The molecule has 4 aromatic rings. The molecule has 0 radical (unpaired) electrons.